The first-order valence-electron chi connectivity index (χ1n) is 8.99. The van der Waals surface area contributed by atoms with Crippen LogP contribution in [0.5, 0.6) is 11.5 Å². The van der Waals surface area contributed by atoms with Crippen LogP contribution in [0.4, 0.5) is 0 Å². The van der Waals surface area contributed by atoms with Gasteiger partial charge in [0.1, 0.15) is 0 Å². The summed E-state index contributed by atoms with van der Waals surface area (Å²) in [5.41, 5.74) is 2.89. The number of rotatable bonds is 5. The highest BCUT2D eigenvalue weighted by Crippen LogP contribution is 2.41. The Kier molecular flexibility index (Phi) is 7.04. The van der Waals surface area contributed by atoms with Gasteiger partial charge in [-0.2, -0.15) is 0 Å². The SMILES string of the molecule is CCOc1cc2c(cc1OCC)C(C1CCCCC1)NCC2.Cl. The van der Waals surface area contributed by atoms with Crippen LogP contribution >= 0.6 is 12.4 Å². The zero-order chi connectivity index (χ0) is 15.4. The number of nitrogens with one attached hydrogen (secondary N) is 1. The van der Waals surface area contributed by atoms with Crippen molar-refractivity contribution in [1.29, 1.82) is 0 Å². The summed E-state index contributed by atoms with van der Waals surface area (Å²) in [5, 5.41) is 3.77. The van der Waals surface area contributed by atoms with E-state index in [2.05, 4.69) is 17.4 Å². The van der Waals surface area contributed by atoms with Crippen LogP contribution in [0.25, 0.3) is 0 Å². The van der Waals surface area contributed by atoms with Crippen LogP contribution in [0.3, 0.4) is 0 Å². The molecule has 1 fully saturated rings. The van der Waals surface area contributed by atoms with Gasteiger partial charge >= 0.3 is 0 Å². The lowest BCUT2D eigenvalue weighted by Gasteiger charge is -2.36. The third kappa shape index (κ3) is 4.13. The molecule has 1 aromatic rings. The summed E-state index contributed by atoms with van der Waals surface area (Å²) in [6, 6.07) is 4.97. The first-order valence-corrected chi connectivity index (χ1v) is 8.99. The molecule has 1 saturated carbocycles. The number of hydrogen-bond donors (Lipinski definition) is 1. The molecular formula is C19H30ClNO2. The molecule has 0 aromatic heterocycles. The molecule has 130 valence electrons. The lowest BCUT2D eigenvalue weighted by atomic mass is 9.78. The second-order valence-electron chi connectivity index (χ2n) is 6.44. The number of ether oxygens (including phenoxy) is 2. The minimum Gasteiger partial charge on any atom is -0.490 e. The van der Waals surface area contributed by atoms with Crippen molar-refractivity contribution >= 4 is 12.4 Å². The fraction of sp³-hybridized carbons (Fsp3) is 0.684. The Hall–Kier alpha value is -0.930. The van der Waals surface area contributed by atoms with Crippen LogP contribution in [0.2, 0.25) is 0 Å². The average Bonchev–Trinajstić information content (AvgIpc) is 2.56. The second kappa shape index (κ2) is 8.79. The molecule has 4 heteroatoms. The smallest absolute Gasteiger partial charge is 0.161 e. The molecule has 2 aliphatic rings. The zero-order valence-electron chi connectivity index (χ0n) is 14.4. The van der Waals surface area contributed by atoms with Crippen LogP contribution in [-0.2, 0) is 6.42 Å². The number of benzene rings is 1. The molecular weight excluding hydrogens is 310 g/mol. The Morgan fingerprint density at radius 1 is 1.00 bits per heavy atom. The van der Waals surface area contributed by atoms with Crippen molar-refractivity contribution in [3.63, 3.8) is 0 Å². The van der Waals surface area contributed by atoms with Crippen molar-refractivity contribution in [3.8, 4) is 11.5 Å². The summed E-state index contributed by atoms with van der Waals surface area (Å²) in [6.07, 6.45) is 7.97. The number of fused-ring (bicyclic) bond motifs is 1. The maximum absolute atomic E-state index is 5.84. The third-order valence-corrected chi connectivity index (χ3v) is 5.02. The fourth-order valence-corrected chi connectivity index (χ4v) is 4.02. The van der Waals surface area contributed by atoms with E-state index in [4.69, 9.17) is 9.47 Å². The summed E-state index contributed by atoms with van der Waals surface area (Å²) < 4.78 is 11.6. The van der Waals surface area contributed by atoms with Crippen LogP contribution in [-0.4, -0.2) is 19.8 Å². The Bertz CT molecular complexity index is 500. The van der Waals surface area contributed by atoms with E-state index in [-0.39, 0.29) is 12.4 Å². The Morgan fingerprint density at radius 2 is 1.65 bits per heavy atom. The summed E-state index contributed by atoms with van der Waals surface area (Å²) in [4.78, 5) is 0. The Balaban J connectivity index is 0.00000192. The molecule has 1 heterocycles. The van der Waals surface area contributed by atoms with E-state index in [1.165, 1.54) is 43.2 Å². The minimum absolute atomic E-state index is 0. The molecule has 1 N–H and O–H groups in total. The van der Waals surface area contributed by atoms with Crippen LogP contribution in [0.15, 0.2) is 12.1 Å². The molecule has 3 rings (SSSR count). The maximum atomic E-state index is 5.84. The quantitative estimate of drug-likeness (QED) is 0.845. The van der Waals surface area contributed by atoms with Gasteiger partial charge in [0, 0.05) is 6.04 Å². The summed E-state index contributed by atoms with van der Waals surface area (Å²) in [6.45, 7) is 6.50. The monoisotopic (exact) mass is 339 g/mol. The molecule has 1 atom stereocenters. The van der Waals surface area contributed by atoms with Gasteiger partial charge in [0.25, 0.3) is 0 Å². The van der Waals surface area contributed by atoms with Crippen molar-refractivity contribution < 1.29 is 9.47 Å². The van der Waals surface area contributed by atoms with Gasteiger partial charge in [-0.1, -0.05) is 19.3 Å². The predicted molar refractivity (Wildman–Crippen MR) is 97.1 cm³/mol. The molecule has 0 amide bonds. The fourth-order valence-electron chi connectivity index (χ4n) is 4.02. The Labute approximate surface area is 146 Å². The van der Waals surface area contributed by atoms with E-state index in [0.29, 0.717) is 19.3 Å². The van der Waals surface area contributed by atoms with E-state index in [0.717, 1.165) is 30.4 Å². The van der Waals surface area contributed by atoms with Gasteiger partial charge in [-0.05, 0) is 68.8 Å². The van der Waals surface area contributed by atoms with Gasteiger partial charge in [0.2, 0.25) is 0 Å². The van der Waals surface area contributed by atoms with Gasteiger partial charge in [-0.3, -0.25) is 0 Å². The van der Waals surface area contributed by atoms with Crippen molar-refractivity contribution in [2.75, 3.05) is 19.8 Å². The van der Waals surface area contributed by atoms with Gasteiger partial charge in [0.15, 0.2) is 11.5 Å². The van der Waals surface area contributed by atoms with Crippen molar-refractivity contribution in [3.05, 3.63) is 23.3 Å². The molecule has 0 radical (unpaired) electrons. The molecule has 3 nitrogen and oxygen atoms in total. The lowest BCUT2D eigenvalue weighted by molar-refractivity contribution is 0.260. The summed E-state index contributed by atoms with van der Waals surface area (Å²) in [5.74, 6) is 2.60. The molecule has 1 aliphatic carbocycles. The average molecular weight is 340 g/mol. The Morgan fingerprint density at radius 3 is 2.30 bits per heavy atom. The minimum atomic E-state index is 0. The number of hydrogen-bond acceptors (Lipinski definition) is 3. The lowest BCUT2D eigenvalue weighted by Crippen LogP contribution is -2.35. The van der Waals surface area contributed by atoms with Crippen molar-refractivity contribution in [2.24, 2.45) is 5.92 Å². The van der Waals surface area contributed by atoms with Gasteiger partial charge in [-0.15, -0.1) is 12.4 Å². The zero-order valence-corrected chi connectivity index (χ0v) is 15.2. The van der Waals surface area contributed by atoms with Crippen LogP contribution in [0.1, 0.15) is 63.1 Å². The molecule has 1 aromatic carbocycles. The van der Waals surface area contributed by atoms with Gasteiger partial charge < -0.3 is 14.8 Å². The maximum Gasteiger partial charge on any atom is 0.161 e. The third-order valence-electron chi connectivity index (χ3n) is 5.02. The van der Waals surface area contributed by atoms with Gasteiger partial charge in [-0.25, -0.2) is 0 Å². The standard InChI is InChI=1S/C19H29NO2.ClH/c1-3-21-17-12-15-10-11-20-19(14-8-6-5-7-9-14)16(15)13-18(17)22-4-2;/h12-14,19-20H,3-11H2,1-2H3;1H. The van der Waals surface area contributed by atoms with Crippen LogP contribution < -0.4 is 14.8 Å². The van der Waals surface area contributed by atoms with Crippen molar-refractivity contribution in [2.45, 2.75) is 58.4 Å². The molecule has 0 saturated heterocycles. The van der Waals surface area contributed by atoms with Crippen LogP contribution in [0, 0.1) is 5.92 Å². The predicted octanol–water partition coefficient (Wildman–Crippen LogP) is 4.67. The molecule has 0 bridgehead atoms. The van der Waals surface area contributed by atoms with Gasteiger partial charge in [0.05, 0.1) is 13.2 Å². The van der Waals surface area contributed by atoms with E-state index >= 15 is 0 Å². The summed E-state index contributed by atoms with van der Waals surface area (Å²) >= 11 is 0. The molecule has 23 heavy (non-hydrogen) atoms. The highest BCUT2D eigenvalue weighted by Gasteiger charge is 2.30. The second-order valence-corrected chi connectivity index (χ2v) is 6.44. The first kappa shape index (κ1) is 18.4. The normalized spacial score (nSPS) is 21.2. The topological polar surface area (TPSA) is 30.5 Å². The first-order chi connectivity index (χ1) is 10.8. The summed E-state index contributed by atoms with van der Waals surface area (Å²) in [7, 11) is 0. The van der Waals surface area contributed by atoms with E-state index in [1.54, 1.807) is 0 Å². The molecule has 1 aliphatic heterocycles. The van der Waals surface area contributed by atoms with E-state index < -0.39 is 0 Å². The largest absolute Gasteiger partial charge is 0.490 e. The number of halogens is 1. The van der Waals surface area contributed by atoms with Crippen molar-refractivity contribution in [1.82, 2.24) is 5.32 Å². The highest BCUT2D eigenvalue weighted by molar-refractivity contribution is 5.85. The highest BCUT2D eigenvalue weighted by atomic mass is 35.5. The van der Waals surface area contributed by atoms with E-state index in [9.17, 15) is 0 Å². The molecule has 1 unspecified atom stereocenters. The van der Waals surface area contributed by atoms with E-state index in [1.807, 2.05) is 13.8 Å². The molecule has 0 spiro atoms.